The Morgan fingerprint density at radius 1 is 1.24 bits per heavy atom. The zero-order chi connectivity index (χ0) is 12.4. The van der Waals surface area contributed by atoms with E-state index in [0.29, 0.717) is 12.1 Å². The predicted molar refractivity (Wildman–Crippen MR) is 66.5 cm³/mol. The molecule has 2 rings (SSSR count). The zero-order valence-electron chi connectivity index (χ0n) is 8.50. The fourth-order valence-corrected chi connectivity index (χ4v) is 2.04. The van der Waals surface area contributed by atoms with Gasteiger partial charge in [0.05, 0.1) is 16.4 Å². The van der Waals surface area contributed by atoms with Crippen molar-refractivity contribution in [2.24, 2.45) is 0 Å². The van der Waals surface area contributed by atoms with Crippen LogP contribution < -0.4 is 0 Å². The lowest BCUT2D eigenvalue weighted by molar-refractivity contribution is 0.579. The van der Waals surface area contributed by atoms with Crippen molar-refractivity contribution in [3.8, 4) is 5.69 Å². The van der Waals surface area contributed by atoms with Gasteiger partial charge in [0.15, 0.2) is 0 Å². The first-order chi connectivity index (χ1) is 8.11. The van der Waals surface area contributed by atoms with Gasteiger partial charge in [0, 0.05) is 17.8 Å². The molecule has 1 aromatic heterocycles. The molecule has 0 fully saturated rings. The first kappa shape index (κ1) is 12.6. The van der Waals surface area contributed by atoms with Crippen LogP contribution in [0.3, 0.4) is 0 Å². The highest BCUT2D eigenvalue weighted by Crippen LogP contribution is 2.22. The van der Waals surface area contributed by atoms with E-state index in [2.05, 4.69) is 42.2 Å². The minimum absolute atomic E-state index is 0.0408. The lowest BCUT2D eigenvalue weighted by atomic mass is 10.3. The topological polar surface area (TPSA) is 30.7 Å². The molecule has 0 aliphatic carbocycles. The highest BCUT2D eigenvalue weighted by atomic mass is 79.9. The molecule has 0 saturated heterocycles. The summed E-state index contributed by atoms with van der Waals surface area (Å²) in [6.07, 6.45) is 2.26. The molecule has 0 aliphatic heterocycles. The molecule has 0 bridgehead atoms. The SMILES string of the molecule is Fc1cc(-n2cc(CCBr)nn2)c(F)cc1Br. The number of alkyl halides is 1. The van der Waals surface area contributed by atoms with E-state index in [9.17, 15) is 8.78 Å². The number of aromatic nitrogens is 3. The monoisotopic (exact) mass is 365 g/mol. The third kappa shape index (κ3) is 2.71. The van der Waals surface area contributed by atoms with E-state index in [0.717, 1.165) is 17.5 Å². The fourth-order valence-electron chi connectivity index (χ4n) is 1.32. The van der Waals surface area contributed by atoms with Crippen LogP contribution in [0.4, 0.5) is 8.78 Å². The van der Waals surface area contributed by atoms with E-state index in [-0.39, 0.29) is 10.2 Å². The molecular formula is C10H7Br2F2N3. The maximum absolute atomic E-state index is 13.6. The van der Waals surface area contributed by atoms with Gasteiger partial charge in [0.2, 0.25) is 0 Å². The number of aryl methyl sites for hydroxylation is 1. The Hall–Kier alpha value is -0.820. The first-order valence-electron chi connectivity index (χ1n) is 4.74. The minimum atomic E-state index is -0.562. The second kappa shape index (κ2) is 5.22. The molecule has 7 heteroatoms. The van der Waals surface area contributed by atoms with Gasteiger partial charge < -0.3 is 0 Å². The molecule has 0 radical (unpaired) electrons. The summed E-state index contributed by atoms with van der Waals surface area (Å²) in [6.45, 7) is 0. The van der Waals surface area contributed by atoms with Crippen molar-refractivity contribution in [3.63, 3.8) is 0 Å². The molecule has 0 atom stereocenters. The second-order valence-corrected chi connectivity index (χ2v) is 4.96. The number of rotatable bonds is 3. The molecule has 3 nitrogen and oxygen atoms in total. The number of halogens is 4. The molecule has 0 spiro atoms. The van der Waals surface area contributed by atoms with E-state index >= 15 is 0 Å². The van der Waals surface area contributed by atoms with Gasteiger partial charge in [-0.05, 0) is 22.0 Å². The van der Waals surface area contributed by atoms with Crippen LogP contribution in [0.2, 0.25) is 0 Å². The number of hydrogen-bond donors (Lipinski definition) is 0. The van der Waals surface area contributed by atoms with Gasteiger partial charge in [-0.25, -0.2) is 13.5 Å². The van der Waals surface area contributed by atoms with Gasteiger partial charge in [0.1, 0.15) is 17.3 Å². The van der Waals surface area contributed by atoms with Crippen LogP contribution in [-0.4, -0.2) is 20.3 Å². The van der Waals surface area contributed by atoms with Gasteiger partial charge in [-0.2, -0.15) is 0 Å². The molecule has 0 amide bonds. The summed E-state index contributed by atoms with van der Waals surface area (Å²) in [6, 6.07) is 2.14. The third-order valence-corrected chi connectivity index (χ3v) is 3.13. The smallest absolute Gasteiger partial charge is 0.150 e. The Balaban J connectivity index is 2.41. The summed E-state index contributed by atoms with van der Waals surface area (Å²) in [4.78, 5) is 0. The van der Waals surface area contributed by atoms with Crippen molar-refractivity contribution < 1.29 is 8.78 Å². The predicted octanol–water partition coefficient (Wildman–Crippen LogP) is 3.25. The van der Waals surface area contributed by atoms with E-state index in [1.165, 1.54) is 4.68 Å². The maximum Gasteiger partial charge on any atom is 0.150 e. The number of nitrogens with zero attached hydrogens (tertiary/aromatic N) is 3. The Morgan fingerprint density at radius 3 is 2.71 bits per heavy atom. The summed E-state index contributed by atoms with van der Waals surface area (Å²) in [5.74, 6) is -1.10. The Labute approximate surface area is 113 Å². The molecule has 0 saturated carbocycles. The van der Waals surface area contributed by atoms with Crippen molar-refractivity contribution in [1.29, 1.82) is 0 Å². The average molecular weight is 367 g/mol. The van der Waals surface area contributed by atoms with Crippen LogP contribution in [0, 0.1) is 11.6 Å². The normalized spacial score (nSPS) is 10.8. The van der Waals surface area contributed by atoms with E-state index in [1.54, 1.807) is 6.20 Å². The molecule has 0 unspecified atom stereocenters. The Morgan fingerprint density at radius 2 is 2.00 bits per heavy atom. The average Bonchev–Trinajstić information content (AvgIpc) is 2.72. The van der Waals surface area contributed by atoms with Crippen LogP contribution in [0.5, 0.6) is 0 Å². The highest BCUT2D eigenvalue weighted by molar-refractivity contribution is 9.10. The molecule has 17 heavy (non-hydrogen) atoms. The van der Waals surface area contributed by atoms with Gasteiger partial charge in [-0.3, -0.25) is 0 Å². The molecule has 1 aromatic carbocycles. The standard InChI is InChI=1S/C10H7Br2F2N3/c11-2-1-6-5-17(16-15-6)10-4-8(13)7(12)3-9(10)14/h3-5H,1-2H2. The molecule has 1 heterocycles. The van der Waals surface area contributed by atoms with Crippen molar-refractivity contribution >= 4 is 31.9 Å². The van der Waals surface area contributed by atoms with Crippen molar-refractivity contribution in [3.05, 3.63) is 40.1 Å². The van der Waals surface area contributed by atoms with Crippen LogP contribution in [0.15, 0.2) is 22.8 Å². The summed E-state index contributed by atoms with van der Waals surface area (Å²) in [5.41, 5.74) is 0.753. The van der Waals surface area contributed by atoms with Crippen LogP contribution in [-0.2, 0) is 6.42 Å². The van der Waals surface area contributed by atoms with Gasteiger partial charge in [0.25, 0.3) is 0 Å². The van der Waals surface area contributed by atoms with Gasteiger partial charge in [-0.15, -0.1) is 5.10 Å². The molecule has 0 aliphatic rings. The third-order valence-electron chi connectivity index (χ3n) is 2.13. The van der Waals surface area contributed by atoms with Crippen LogP contribution in [0.1, 0.15) is 5.69 Å². The van der Waals surface area contributed by atoms with E-state index in [1.807, 2.05) is 0 Å². The summed E-state index contributed by atoms with van der Waals surface area (Å²) >= 11 is 6.19. The quantitative estimate of drug-likeness (QED) is 0.616. The Bertz CT molecular complexity index is 542. The number of benzene rings is 1. The lowest BCUT2D eigenvalue weighted by Gasteiger charge is -2.03. The van der Waals surface area contributed by atoms with E-state index < -0.39 is 11.6 Å². The minimum Gasteiger partial charge on any atom is -0.217 e. The van der Waals surface area contributed by atoms with Gasteiger partial charge in [-0.1, -0.05) is 21.1 Å². The molecule has 0 N–H and O–H groups in total. The van der Waals surface area contributed by atoms with Crippen molar-refractivity contribution in [2.75, 3.05) is 5.33 Å². The van der Waals surface area contributed by atoms with Crippen LogP contribution in [0.25, 0.3) is 5.69 Å². The number of hydrogen-bond acceptors (Lipinski definition) is 2. The lowest BCUT2D eigenvalue weighted by Crippen LogP contribution is -2.00. The van der Waals surface area contributed by atoms with Crippen LogP contribution >= 0.6 is 31.9 Å². The molecule has 90 valence electrons. The summed E-state index contributed by atoms with van der Waals surface area (Å²) < 4.78 is 28.2. The molecular weight excluding hydrogens is 360 g/mol. The zero-order valence-corrected chi connectivity index (χ0v) is 11.7. The van der Waals surface area contributed by atoms with Crippen molar-refractivity contribution in [1.82, 2.24) is 15.0 Å². The summed E-state index contributed by atoms with van der Waals surface area (Å²) in [7, 11) is 0. The van der Waals surface area contributed by atoms with E-state index in [4.69, 9.17) is 0 Å². The fraction of sp³-hybridized carbons (Fsp3) is 0.200. The Kier molecular flexibility index (Phi) is 3.88. The first-order valence-corrected chi connectivity index (χ1v) is 6.65. The molecule has 2 aromatic rings. The highest BCUT2D eigenvalue weighted by Gasteiger charge is 2.11. The second-order valence-electron chi connectivity index (χ2n) is 3.31. The summed E-state index contributed by atoms with van der Waals surface area (Å²) in [5, 5.41) is 8.36. The van der Waals surface area contributed by atoms with Crippen molar-refractivity contribution in [2.45, 2.75) is 6.42 Å². The largest absolute Gasteiger partial charge is 0.217 e. The van der Waals surface area contributed by atoms with Gasteiger partial charge >= 0.3 is 0 Å². The maximum atomic E-state index is 13.6.